The first-order valence-corrected chi connectivity index (χ1v) is 7.88. The summed E-state index contributed by atoms with van der Waals surface area (Å²) in [6, 6.07) is 14.0. The van der Waals surface area contributed by atoms with Crippen molar-refractivity contribution >= 4 is 34.3 Å². The number of amides is 1. The maximum atomic E-state index is 12.4. The number of rotatable bonds is 3. The number of carbonyl (C=O) groups excluding carboxylic acids is 1. The molecule has 1 N–H and O–H groups in total. The number of oxazole rings is 1. The zero-order valence-electron chi connectivity index (χ0n) is 13.1. The van der Waals surface area contributed by atoms with E-state index in [0.717, 1.165) is 0 Å². The summed E-state index contributed by atoms with van der Waals surface area (Å²) in [5.74, 6) is 0.610. The minimum absolute atomic E-state index is 0.159. The van der Waals surface area contributed by atoms with Gasteiger partial charge in [0.2, 0.25) is 0 Å². The number of carbonyl (C=O) groups is 1. The van der Waals surface area contributed by atoms with Crippen LogP contribution in [0.25, 0.3) is 22.4 Å². The largest absolute Gasteiger partial charge is 0.441 e. The Morgan fingerprint density at radius 3 is 2.84 bits per heavy atom. The van der Waals surface area contributed by atoms with Gasteiger partial charge in [-0.1, -0.05) is 28.9 Å². The van der Waals surface area contributed by atoms with Crippen LogP contribution < -0.4 is 5.32 Å². The number of fused-ring (bicyclic) bond motifs is 1. The Morgan fingerprint density at radius 2 is 2.00 bits per heavy atom. The van der Waals surface area contributed by atoms with Crippen molar-refractivity contribution in [2.24, 2.45) is 0 Å². The predicted molar refractivity (Wildman–Crippen MR) is 93.6 cm³/mol. The highest BCUT2D eigenvalue weighted by Gasteiger charge is 2.16. The highest BCUT2D eigenvalue weighted by Crippen LogP contribution is 2.28. The molecule has 4 rings (SSSR count). The van der Waals surface area contributed by atoms with Gasteiger partial charge in [0, 0.05) is 24.2 Å². The van der Waals surface area contributed by atoms with Crippen LogP contribution in [0.2, 0.25) is 5.02 Å². The molecule has 0 saturated carbocycles. The van der Waals surface area contributed by atoms with Gasteiger partial charge in [-0.2, -0.15) is 0 Å². The lowest BCUT2D eigenvalue weighted by Gasteiger charge is -2.01. The monoisotopic (exact) mass is 353 g/mol. The van der Waals surface area contributed by atoms with Crippen LogP contribution in [0.1, 0.15) is 16.4 Å². The lowest BCUT2D eigenvalue weighted by atomic mass is 10.1. The third-order valence-corrected chi connectivity index (χ3v) is 3.96. The maximum Gasteiger partial charge on any atom is 0.277 e. The number of nitrogens with one attached hydrogen (secondary N) is 1. The molecule has 4 aromatic rings. The topological polar surface area (TPSA) is 81.2 Å². The fraction of sp³-hybridized carbons (Fsp3) is 0.0556. The molecule has 0 aliphatic rings. The van der Waals surface area contributed by atoms with Crippen LogP contribution in [0.3, 0.4) is 0 Å². The number of aryl methyl sites for hydroxylation is 1. The van der Waals surface area contributed by atoms with Gasteiger partial charge in [0.1, 0.15) is 5.52 Å². The second-order valence-electron chi connectivity index (χ2n) is 5.43. The number of halogens is 1. The van der Waals surface area contributed by atoms with E-state index in [4.69, 9.17) is 20.5 Å². The van der Waals surface area contributed by atoms with Crippen LogP contribution in [0.5, 0.6) is 0 Å². The van der Waals surface area contributed by atoms with Gasteiger partial charge in [-0.25, -0.2) is 4.98 Å². The van der Waals surface area contributed by atoms with Gasteiger partial charge < -0.3 is 14.3 Å². The number of hydrogen-bond donors (Lipinski definition) is 1. The van der Waals surface area contributed by atoms with Crippen LogP contribution in [0.4, 0.5) is 5.69 Å². The van der Waals surface area contributed by atoms with Crippen molar-refractivity contribution in [2.75, 3.05) is 5.32 Å². The first-order chi connectivity index (χ1) is 12.1. The summed E-state index contributed by atoms with van der Waals surface area (Å²) in [5.41, 5.74) is 2.76. The summed E-state index contributed by atoms with van der Waals surface area (Å²) >= 11 is 6.13. The third-order valence-electron chi connectivity index (χ3n) is 3.63. The quantitative estimate of drug-likeness (QED) is 0.577. The van der Waals surface area contributed by atoms with Gasteiger partial charge >= 0.3 is 0 Å². The molecule has 2 aromatic carbocycles. The predicted octanol–water partition coefficient (Wildman–Crippen LogP) is 4.70. The normalized spacial score (nSPS) is 11.0. The van der Waals surface area contributed by atoms with E-state index in [2.05, 4.69) is 15.5 Å². The van der Waals surface area contributed by atoms with Crippen molar-refractivity contribution < 1.29 is 13.7 Å². The summed E-state index contributed by atoms with van der Waals surface area (Å²) < 4.78 is 10.7. The molecule has 2 aromatic heterocycles. The highest BCUT2D eigenvalue weighted by atomic mass is 35.5. The average molecular weight is 354 g/mol. The van der Waals surface area contributed by atoms with Crippen LogP contribution in [0.15, 0.2) is 57.5 Å². The van der Waals surface area contributed by atoms with Crippen LogP contribution in [-0.4, -0.2) is 16.0 Å². The molecule has 0 aliphatic heterocycles. The van der Waals surface area contributed by atoms with Gasteiger partial charge in [0.05, 0.1) is 5.02 Å². The summed E-state index contributed by atoms with van der Waals surface area (Å²) in [7, 11) is 0. The summed E-state index contributed by atoms with van der Waals surface area (Å²) in [6.45, 7) is 1.77. The molecule has 0 unspecified atom stereocenters. The Balaban J connectivity index is 1.57. The molecule has 0 saturated heterocycles. The summed E-state index contributed by atoms with van der Waals surface area (Å²) in [6.07, 6.45) is 0. The van der Waals surface area contributed by atoms with Crippen molar-refractivity contribution in [1.29, 1.82) is 0 Å². The molecule has 0 spiro atoms. The second kappa shape index (κ2) is 6.07. The number of aromatic nitrogens is 2. The first kappa shape index (κ1) is 15.4. The Labute approximate surface area is 147 Å². The Kier molecular flexibility index (Phi) is 3.74. The molecule has 1 amide bonds. The first-order valence-electron chi connectivity index (χ1n) is 7.50. The Morgan fingerprint density at radius 1 is 1.16 bits per heavy atom. The van der Waals surface area contributed by atoms with E-state index in [-0.39, 0.29) is 11.6 Å². The number of hydrogen-bond acceptors (Lipinski definition) is 5. The lowest BCUT2D eigenvalue weighted by Crippen LogP contribution is -2.12. The van der Waals surface area contributed by atoms with Crippen LogP contribution in [-0.2, 0) is 0 Å². The van der Waals surface area contributed by atoms with Gasteiger partial charge in [-0.05, 0) is 30.3 Å². The van der Waals surface area contributed by atoms with E-state index in [9.17, 15) is 4.79 Å². The summed E-state index contributed by atoms with van der Waals surface area (Å²) in [5, 5.41) is 7.10. The van der Waals surface area contributed by atoms with Crippen molar-refractivity contribution in [3.63, 3.8) is 0 Å². The molecule has 0 fully saturated rings. The van der Waals surface area contributed by atoms with E-state index in [0.29, 0.717) is 39.0 Å². The molecular formula is C18H12ClN3O3. The maximum absolute atomic E-state index is 12.4. The molecule has 25 heavy (non-hydrogen) atoms. The van der Waals surface area contributed by atoms with E-state index in [1.807, 2.05) is 12.1 Å². The fourth-order valence-corrected chi connectivity index (χ4v) is 2.71. The number of anilines is 1. The molecular weight excluding hydrogens is 342 g/mol. The van der Waals surface area contributed by atoms with Gasteiger partial charge in [0.15, 0.2) is 22.9 Å². The van der Waals surface area contributed by atoms with Crippen LogP contribution >= 0.6 is 11.6 Å². The van der Waals surface area contributed by atoms with Crippen molar-refractivity contribution in [3.05, 3.63) is 65.1 Å². The van der Waals surface area contributed by atoms with Crippen molar-refractivity contribution in [2.45, 2.75) is 6.92 Å². The minimum atomic E-state index is -0.387. The van der Waals surface area contributed by atoms with E-state index in [1.165, 1.54) is 0 Å². The molecule has 2 heterocycles. The van der Waals surface area contributed by atoms with Gasteiger partial charge in [-0.15, -0.1) is 0 Å². The SMILES string of the molecule is Cc1nc2cc(NC(=O)c3cc(-c4ccccc4Cl)on3)ccc2o1. The fourth-order valence-electron chi connectivity index (χ4n) is 2.49. The second-order valence-corrected chi connectivity index (χ2v) is 5.83. The third kappa shape index (κ3) is 2.99. The standard InChI is InChI=1S/C18H12ClN3O3/c1-10-20-14-8-11(6-7-16(14)24-10)21-18(23)15-9-17(25-22-15)12-4-2-3-5-13(12)19/h2-9H,1H3,(H,21,23). The highest BCUT2D eigenvalue weighted by molar-refractivity contribution is 6.33. The van der Waals surface area contributed by atoms with Gasteiger partial charge in [-0.3, -0.25) is 4.79 Å². The molecule has 0 atom stereocenters. The molecule has 0 aliphatic carbocycles. The Hall–Kier alpha value is -3.12. The van der Waals surface area contributed by atoms with Gasteiger partial charge in [0.25, 0.3) is 5.91 Å². The number of benzene rings is 2. The van der Waals surface area contributed by atoms with Crippen molar-refractivity contribution in [1.82, 2.24) is 10.1 Å². The molecule has 0 radical (unpaired) electrons. The summed E-state index contributed by atoms with van der Waals surface area (Å²) in [4.78, 5) is 16.6. The van der Waals surface area contributed by atoms with Crippen molar-refractivity contribution in [3.8, 4) is 11.3 Å². The molecule has 7 heteroatoms. The lowest BCUT2D eigenvalue weighted by molar-refractivity contribution is 0.101. The van der Waals surface area contributed by atoms with E-state index >= 15 is 0 Å². The molecule has 6 nitrogen and oxygen atoms in total. The van der Waals surface area contributed by atoms with E-state index in [1.54, 1.807) is 43.3 Å². The zero-order chi connectivity index (χ0) is 17.4. The Bertz CT molecular complexity index is 1080. The molecule has 124 valence electrons. The van der Waals surface area contributed by atoms with E-state index < -0.39 is 0 Å². The average Bonchev–Trinajstić information content (AvgIpc) is 3.20. The zero-order valence-corrected chi connectivity index (χ0v) is 13.9. The molecule has 0 bridgehead atoms. The number of nitrogens with zero attached hydrogens (tertiary/aromatic N) is 2. The smallest absolute Gasteiger partial charge is 0.277 e. The van der Waals surface area contributed by atoms with Crippen LogP contribution in [0, 0.1) is 6.92 Å². The minimum Gasteiger partial charge on any atom is -0.441 e.